The summed E-state index contributed by atoms with van der Waals surface area (Å²) in [7, 11) is 3.72. The first kappa shape index (κ1) is 16.0. The van der Waals surface area contributed by atoms with E-state index in [0.29, 0.717) is 23.1 Å². The van der Waals surface area contributed by atoms with Crippen molar-refractivity contribution in [3.05, 3.63) is 22.8 Å². The zero-order chi connectivity index (χ0) is 15.6. The molecule has 0 spiro atoms. The fourth-order valence-corrected chi connectivity index (χ4v) is 2.81. The second-order valence-electron chi connectivity index (χ2n) is 5.83. The van der Waals surface area contributed by atoms with Crippen molar-refractivity contribution < 1.29 is 9.90 Å². The standard InChI is InChI=1S/C15H22ClN3O2/c1-10(20)11-5-4-6-19(9-11)15(21)12-7-13(16)17-14(8-12)18(2)3/h7-8,10-11,20H,4-6,9H2,1-3H3. The number of carbonyl (C=O) groups is 1. The average molecular weight is 312 g/mol. The Morgan fingerprint density at radius 3 is 2.86 bits per heavy atom. The Morgan fingerprint density at radius 2 is 2.24 bits per heavy atom. The number of hydrogen-bond donors (Lipinski definition) is 1. The van der Waals surface area contributed by atoms with Crippen LogP contribution in [0.1, 0.15) is 30.1 Å². The van der Waals surface area contributed by atoms with Crippen LogP contribution in [-0.2, 0) is 0 Å². The van der Waals surface area contributed by atoms with E-state index in [4.69, 9.17) is 11.6 Å². The second-order valence-corrected chi connectivity index (χ2v) is 6.21. The first-order chi connectivity index (χ1) is 9.88. The average Bonchev–Trinajstić information content (AvgIpc) is 2.45. The number of rotatable bonds is 3. The third-order valence-corrected chi connectivity index (χ3v) is 4.11. The maximum absolute atomic E-state index is 12.6. The number of aromatic nitrogens is 1. The van der Waals surface area contributed by atoms with E-state index in [1.165, 1.54) is 0 Å². The lowest BCUT2D eigenvalue weighted by atomic mass is 9.93. The summed E-state index contributed by atoms with van der Waals surface area (Å²) in [6.45, 7) is 3.10. The van der Waals surface area contributed by atoms with Crippen LogP contribution in [0.2, 0.25) is 5.15 Å². The van der Waals surface area contributed by atoms with Gasteiger partial charge < -0.3 is 14.9 Å². The third kappa shape index (κ3) is 3.86. The van der Waals surface area contributed by atoms with E-state index in [1.54, 1.807) is 24.0 Å². The van der Waals surface area contributed by atoms with Gasteiger partial charge in [0.1, 0.15) is 11.0 Å². The molecule has 0 saturated carbocycles. The maximum atomic E-state index is 12.6. The van der Waals surface area contributed by atoms with Gasteiger partial charge in [-0.15, -0.1) is 0 Å². The van der Waals surface area contributed by atoms with Crippen molar-refractivity contribution in [3.63, 3.8) is 0 Å². The Hall–Kier alpha value is -1.33. The number of amides is 1. The smallest absolute Gasteiger partial charge is 0.254 e. The van der Waals surface area contributed by atoms with Gasteiger partial charge in [0, 0.05) is 38.7 Å². The molecule has 1 saturated heterocycles. The van der Waals surface area contributed by atoms with Gasteiger partial charge in [0.15, 0.2) is 0 Å². The molecule has 116 valence electrons. The van der Waals surface area contributed by atoms with E-state index in [0.717, 1.165) is 19.4 Å². The predicted octanol–water partition coefficient (Wildman–Crippen LogP) is 2.03. The number of hydrogen-bond acceptors (Lipinski definition) is 4. The molecular formula is C15H22ClN3O2. The molecule has 0 aromatic carbocycles. The molecule has 0 aliphatic carbocycles. The summed E-state index contributed by atoms with van der Waals surface area (Å²) in [5.41, 5.74) is 0.546. The lowest BCUT2D eigenvalue weighted by Gasteiger charge is -2.34. The Bertz CT molecular complexity index is 520. The molecule has 2 atom stereocenters. The highest BCUT2D eigenvalue weighted by atomic mass is 35.5. The highest BCUT2D eigenvalue weighted by Gasteiger charge is 2.27. The van der Waals surface area contributed by atoms with Crippen LogP contribution in [-0.4, -0.2) is 54.2 Å². The quantitative estimate of drug-likeness (QED) is 0.868. The van der Waals surface area contributed by atoms with Gasteiger partial charge in [-0.1, -0.05) is 11.6 Å². The van der Waals surface area contributed by atoms with Crippen LogP contribution >= 0.6 is 11.6 Å². The van der Waals surface area contributed by atoms with Crippen LogP contribution in [0, 0.1) is 5.92 Å². The molecule has 6 heteroatoms. The van der Waals surface area contributed by atoms with Crippen LogP contribution in [0.25, 0.3) is 0 Å². The number of aliphatic hydroxyl groups is 1. The fraction of sp³-hybridized carbons (Fsp3) is 0.600. The number of nitrogens with zero attached hydrogens (tertiary/aromatic N) is 3. The van der Waals surface area contributed by atoms with Gasteiger partial charge in [-0.25, -0.2) is 4.98 Å². The van der Waals surface area contributed by atoms with E-state index < -0.39 is 0 Å². The molecule has 1 amide bonds. The van der Waals surface area contributed by atoms with Crippen LogP contribution < -0.4 is 4.90 Å². The largest absolute Gasteiger partial charge is 0.393 e. The topological polar surface area (TPSA) is 56.7 Å². The number of anilines is 1. The van der Waals surface area contributed by atoms with Crippen molar-refractivity contribution in [2.24, 2.45) is 5.92 Å². The van der Waals surface area contributed by atoms with Gasteiger partial charge in [0.25, 0.3) is 5.91 Å². The SMILES string of the molecule is CC(O)C1CCCN(C(=O)c2cc(Cl)nc(N(C)C)c2)C1. The summed E-state index contributed by atoms with van der Waals surface area (Å²) in [4.78, 5) is 20.4. The lowest BCUT2D eigenvalue weighted by molar-refractivity contribution is 0.0466. The Labute approximate surface area is 130 Å². The van der Waals surface area contributed by atoms with Gasteiger partial charge in [-0.3, -0.25) is 4.79 Å². The summed E-state index contributed by atoms with van der Waals surface area (Å²) in [5.74, 6) is 0.760. The number of halogens is 1. The Balaban J connectivity index is 2.19. The predicted molar refractivity (Wildman–Crippen MR) is 83.9 cm³/mol. The number of aliphatic hydroxyl groups excluding tert-OH is 1. The zero-order valence-electron chi connectivity index (χ0n) is 12.7. The van der Waals surface area contributed by atoms with Gasteiger partial charge in [-0.2, -0.15) is 0 Å². The molecule has 1 aliphatic rings. The Morgan fingerprint density at radius 1 is 1.52 bits per heavy atom. The normalized spacial score (nSPS) is 20.2. The maximum Gasteiger partial charge on any atom is 0.254 e. The molecule has 0 radical (unpaired) electrons. The van der Waals surface area contributed by atoms with E-state index in [1.807, 2.05) is 19.0 Å². The van der Waals surface area contributed by atoms with Gasteiger partial charge in [0.2, 0.25) is 0 Å². The molecule has 2 heterocycles. The monoisotopic (exact) mass is 311 g/mol. The van der Waals surface area contributed by atoms with Crippen LogP contribution in [0.3, 0.4) is 0 Å². The number of likely N-dealkylation sites (tertiary alicyclic amines) is 1. The molecule has 0 bridgehead atoms. The number of pyridine rings is 1. The van der Waals surface area contributed by atoms with Crippen molar-refractivity contribution >= 4 is 23.3 Å². The highest BCUT2D eigenvalue weighted by molar-refractivity contribution is 6.29. The molecule has 1 fully saturated rings. The van der Waals surface area contributed by atoms with Crippen molar-refractivity contribution in [2.75, 3.05) is 32.1 Å². The van der Waals surface area contributed by atoms with Crippen molar-refractivity contribution in [2.45, 2.75) is 25.9 Å². The lowest BCUT2D eigenvalue weighted by Crippen LogP contribution is -2.43. The van der Waals surface area contributed by atoms with Crippen LogP contribution in [0.4, 0.5) is 5.82 Å². The number of piperidine rings is 1. The van der Waals surface area contributed by atoms with E-state index in [-0.39, 0.29) is 17.9 Å². The molecule has 1 N–H and O–H groups in total. The summed E-state index contributed by atoms with van der Waals surface area (Å²) in [6, 6.07) is 3.35. The van der Waals surface area contributed by atoms with E-state index in [2.05, 4.69) is 4.98 Å². The van der Waals surface area contributed by atoms with Gasteiger partial charge in [0.05, 0.1) is 6.10 Å². The second kappa shape index (κ2) is 6.62. The van der Waals surface area contributed by atoms with Crippen molar-refractivity contribution in [1.82, 2.24) is 9.88 Å². The zero-order valence-corrected chi connectivity index (χ0v) is 13.5. The summed E-state index contributed by atoms with van der Waals surface area (Å²) in [6.07, 6.45) is 1.49. The van der Waals surface area contributed by atoms with E-state index in [9.17, 15) is 9.90 Å². The first-order valence-electron chi connectivity index (χ1n) is 7.20. The van der Waals surface area contributed by atoms with Gasteiger partial charge in [-0.05, 0) is 31.9 Å². The minimum Gasteiger partial charge on any atom is -0.393 e. The van der Waals surface area contributed by atoms with Crippen molar-refractivity contribution in [1.29, 1.82) is 0 Å². The summed E-state index contributed by atoms with van der Waals surface area (Å²) in [5, 5.41) is 10.0. The van der Waals surface area contributed by atoms with Crippen LogP contribution in [0.15, 0.2) is 12.1 Å². The summed E-state index contributed by atoms with van der Waals surface area (Å²) >= 11 is 6.01. The van der Waals surface area contributed by atoms with Gasteiger partial charge >= 0.3 is 0 Å². The highest BCUT2D eigenvalue weighted by Crippen LogP contribution is 2.23. The van der Waals surface area contributed by atoms with Crippen LogP contribution in [0.5, 0.6) is 0 Å². The molecule has 21 heavy (non-hydrogen) atoms. The van der Waals surface area contributed by atoms with Crippen molar-refractivity contribution in [3.8, 4) is 0 Å². The number of carbonyl (C=O) groups excluding carboxylic acids is 1. The molecule has 2 rings (SSSR count). The molecule has 5 nitrogen and oxygen atoms in total. The minimum atomic E-state index is -0.390. The summed E-state index contributed by atoms with van der Waals surface area (Å²) < 4.78 is 0. The molecule has 1 aromatic heterocycles. The fourth-order valence-electron chi connectivity index (χ4n) is 2.61. The molecule has 2 unspecified atom stereocenters. The molecular weight excluding hydrogens is 290 g/mol. The first-order valence-corrected chi connectivity index (χ1v) is 7.58. The molecule has 1 aromatic rings. The Kier molecular flexibility index (Phi) is 5.06. The third-order valence-electron chi connectivity index (χ3n) is 3.91. The molecule has 1 aliphatic heterocycles. The minimum absolute atomic E-state index is 0.0484. The van der Waals surface area contributed by atoms with E-state index >= 15 is 0 Å².